The Morgan fingerprint density at radius 1 is 1.50 bits per heavy atom. The largest absolute Gasteiger partial charge is 0.352 e. The van der Waals surface area contributed by atoms with Crippen molar-refractivity contribution < 1.29 is 4.79 Å². The summed E-state index contributed by atoms with van der Waals surface area (Å²) in [5.74, 6) is 6.06. The minimum absolute atomic E-state index is 0.139. The fraction of sp³-hybridized carbons (Fsp3) is 0.500. The molecule has 6 heteroatoms. The van der Waals surface area contributed by atoms with E-state index in [1.165, 1.54) is 31.9 Å². The number of rotatable bonds is 4. The van der Waals surface area contributed by atoms with Gasteiger partial charge in [-0.25, -0.2) is 10.8 Å². The number of anilines is 1. The topological polar surface area (TPSA) is 80.0 Å². The van der Waals surface area contributed by atoms with Crippen molar-refractivity contribution in [2.75, 3.05) is 12.0 Å². The number of amides is 1. The number of carbonyl (C=O) groups is 1. The van der Waals surface area contributed by atoms with Crippen LogP contribution in [0.5, 0.6) is 0 Å². The Morgan fingerprint density at radius 3 is 2.83 bits per heavy atom. The van der Waals surface area contributed by atoms with E-state index in [2.05, 4.69) is 15.7 Å². The van der Waals surface area contributed by atoms with Gasteiger partial charge in [0.2, 0.25) is 0 Å². The quantitative estimate of drug-likeness (QED) is 0.576. The smallest absolute Gasteiger partial charge is 0.252 e. The molecule has 0 unspecified atom stereocenters. The fourth-order valence-electron chi connectivity index (χ4n) is 2.22. The molecule has 1 fully saturated rings. The lowest BCUT2D eigenvalue weighted by Crippen LogP contribution is -2.28. The van der Waals surface area contributed by atoms with Gasteiger partial charge in [-0.1, -0.05) is 24.4 Å². The number of nitrogen functional groups attached to an aromatic ring is 1. The molecule has 0 bridgehead atoms. The van der Waals surface area contributed by atoms with Crippen LogP contribution in [0.2, 0.25) is 5.02 Å². The predicted octanol–water partition coefficient (Wildman–Crippen LogP) is 1.94. The molecule has 2 rings (SSSR count). The third kappa shape index (κ3) is 3.11. The van der Waals surface area contributed by atoms with Crippen LogP contribution < -0.4 is 16.6 Å². The van der Waals surface area contributed by atoms with E-state index >= 15 is 0 Å². The molecular formula is C12H17ClN4O. The third-order valence-electron chi connectivity index (χ3n) is 3.27. The predicted molar refractivity (Wildman–Crippen MR) is 71.3 cm³/mol. The van der Waals surface area contributed by atoms with E-state index in [4.69, 9.17) is 17.4 Å². The maximum Gasteiger partial charge on any atom is 0.252 e. The summed E-state index contributed by atoms with van der Waals surface area (Å²) in [6, 6.07) is 1.56. The SMILES string of the molecule is NNc1ncc(C(=O)NCC2CCCC2)cc1Cl. The summed E-state index contributed by atoms with van der Waals surface area (Å²) in [5.41, 5.74) is 2.82. The first-order valence-electron chi connectivity index (χ1n) is 6.11. The lowest BCUT2D eigenvalue weighted by molar-refractivity contribution is 0.0947. The number of carbonyl (C=O) groups excluding carboxylic acids is 1. The summed E-state index contributed by atoms with van der Waals surface area (Å²) in [4.78, 5) is 15.9. The second-order valence-electron chi connectivity index (χ2n) is 4.56. The maximum atomic E-state index is 11.9. The van der Waals surface area contributed by atoms with Gasteiger partial charge in [0.1, 0.15) is 0 Å². The number of halogens is 1. The highest BCUT2D eigenvalue weighted by Crippen LogP contribution is 2.24. The molecule has 1 saturated carbocycles. The van der Waals surface area contributed by atoms with E-state index in [-0.39, 0.29) is 5.91 Å². The molecule has 0 saturated heterocycles. The second-order valence-corrected chi connectivity index (χ2v) is 4.97. The summed E-state index contributed by atoms with van der Waals surface area (Å²) in [6.07, 6.45) is 6.41. The minimum atomic E-state index is -0.139. The standard InChI is InChI=1S/C12H17ClN4O/c13-10-5-9(7-15-11(10)17-14)12(18)16-6-8-3-1-2-4-8/h5,7-8H,1-4,6,14H2,(H,15,17)(H,16,18). The molecule has 0 aromatic carbocycles. The van der Waals surface area contributed by atoms with Crippen molar-refractivity contribution in [1.82, 2.24) is 10.3 Å². The summed E-state index contributed by atoms with van der Waals surface area (Å²) in [6.45, 7) is 0.730. The average molecular weight is 269 g/mol. The monoisotopic (exact) mass is 268 g/mol. The van der Waals surface area contributed by atoms with Crippen molar-refractivity contribution in [3.63, 3.8) is 0 Å². The highest BCUT2D eigenvalue weighted by atomic mass is 35.5. The van der Waals surface area contributed by atoms with Crippen LogP contribution in [0.15, 0.2) is 12.3 Å². The van der Waals surface area contributed by atoms with Crippen molar-refractivity contribution >= 4 is 23.3 Å². The number of hydrazine groups is 1. The van der Waals surface area contributed by atoms with Gasteiger partial charge in [-0.05, 0) is 24.8 Å². The Bertz CT molecular complexity index is 432. The van der Waals surface area contributed by atoms with Gasteiger partial charge in [-0.15, -0.1) is 0 Å². The molecule has 4 N–H and O–H groups in total. The number of nitrogens with zero attached hydrogens (tertiary/aromatic N) is 1. The lowest BCUT2D eigenvalue weighted by atomic mass is 10.1. The molecule has 18 heavy (non-hydrogen) atoms. The Labute approximate surface area is 111 Å². The van der Waals surface area contributed by atoms with Gasteiger partial charge in [-0.2, -0.15) is 0 Å². The molecule has 1 heterocycles. The minimum Gasteiger partial charge on any atom is -0.352 e. The molecule has 98 valence electrons. The molecular weight excluding hydrogens is 252 g/mol. The average Bonchev–Trinajstić information content (AvgIpc) is 2.89. The molecule has 1 amide bonds. The zero-order valence-corrected chi connectivity index (χ0v) is 10.8. The van der Waals surface area contributed by atoms with Crippen LogP contribution in [0.1, 0.15) is 36.0 Å². The zero-order chi connectivity index (χ0) is 13.0. The fourth-order valence-corrected chi connectivity index (χ4v) is 2.44. The van der Waals surface area contributed by atoms with Crippen LogP contribution in [0.4, 0.5) is 5.82 Å². The summed E-state index contributed by atoms with van der Waals surface area (Å²) >= 11 is 5.92. The first kappa shape index (κ1) is 13.1. The molecule has 0 spiro atoms. The zero-order valence-electron chi connectivity index (χ0n) is 10.1. The van der Waals surface area contributed by atoms with E-state index in [1.807, 2.05) is 0 Å². The molecule has 0 radical (unpaired) electrons. The van der Waals surface area contributed by atoms with Gasteiger partial charge in [-0.3, -0.25) is 4.79 Å². The Kier molecular flexibility index (Phi) is 4.38. The van der Waals surface area contributed by atoms with Crippen molar-refractivity contribution in [3.8, 4) is 0 Å². The van der Waals surface area contributed by atoms with Gasteiger partial charge in [0, 0.05) is 12.7 Å². The Balaban J connectivity index is 1.93. The van der Waals surface area contributed by atoms with Crippen molar-refractivity contribution in [2.24, 2.45) is 11.8 Å². The van der Waals surface area contributed by atoms with Crippen molar-refractivity contribution in [1.29, 1.82) is 0 Å². The molecule has 1 aliphatic rings. The van der Waals surface area contributed by atoms with Crippen LogP contribution in [0.3, 0.4) is 0 Å². The number of nitrogens with two attached hydrogens (primary N) is 1. The van der Waals surface area contributed by atoms with Crippen molar-refractivity contribution in [2.45, 2.75) is 25.7 Å². The van der Waals surface area contributed by atoms with E-state index in [1.54, 1.807) is 6.07 Å². The molecule has 1 aliphatic carbocycles. The van der Waals surface area contributed by atoms with E-state index < -0.39 is 0 Å². The first-order valence-corrected chi connectivity index (χ1v) is 6.49. The lowest BCUT2D eigenvalue weighted by Gasteiger charge is -2.11. The number of hydrogen-bond donors (Lipinski definition) is 3. The summed E-state index contributed by atoms with van der Waals surface area (Å²) in [7, 11) is 0. The van der Waals surface area contributed by atoms with Gasteiger partial charge < -0.3 is 10.7 Å². The maximum absolute atomic E-state index is 11.9. The highest BCUT2D eigenvalue weighted by Gasteiger charge is 2.16. The first-order chi connectivity index (χ1) is 8.70. The number of aromatic nitrogens is 1. The van der Waals surface area contributed by atoms with Crippen molar-refractivity contribution in [3.05, 3.63) is 22.8 Å². The molecule has 0 atom stereocenters. The molecule has 0 aliphatic heterocycles. The Morgan fingerprint density at radius 2 is 2.22 bits per heavy atom. The highest BCUT2D eigenvalue weighted by molar-refractivity contribution is 6.33. The number of hydrogen-bond acceptors (Lipinski definition) is 4. The van der Waals surface area contributed by atoms with Crippen LogP contribution in [0, 0.1) is 5.92 Å². The van der Waals surface area contributed by atoms with Gasteiger partial charge in [0.25, 0.3) is 5.91 Å². The van der Waals surface area contributed by atoms with E-state index in [0.717, 1.165) is 6.54 Å². The van der Waals surface area contributed by atoms with Crippen LogP contribution in [-0.4, -0.2) is 17.4 Å². The van der Waals surface area contributed by atoms with Gasteiger partial charge in [0.15, 0.2) is 5.82 Å². The molecule has 1 aromatic heterocycles. The van der Waals surface area contributed by atoms with E-state index in [9.17, 15) is 4.79 Å². The molecule has 1 aromatic rings. The van der Waals surface area contributed by atoms with Gasteiger partial charge in [0.05, 0.1) is 10.6 Å². The summed E-state index contributed by atoms with van der Waals surface area (Å²) in [5, 5.41) is 3.26. The van der Waals surface area contributed by atoms with Crippen LogP contribution in [0.25, 0.3) is 0 Å². The number of pyridine rings is 1. The number of nitrogens with one attached hydrogen (secondary N) is 2. The third-order valence-corrected chi connectivity index (χ3v) is 3.55. The van der Waals surface area contributed by atoms with Gasteiger partial charge >= 0.3 is 0 Å². The van der Waals surface area contributed by atoms with Crippen LogP contribution >= 0.6 is 11.6 Å². The second kappa shape index (κ2) is 6.02. The molecule has 5 nitrogen and oxygen atoms in total. The normalized spacial score (nSPS) is 15.7. The summed E-state index contributed by atoms with van der Waals surface area (Å²) < 4.78 is 0. The Hall–Kier alpha value is -1.33. The van der Waals surface area contributed by atoms with Crippen LogP contribution in [-0.2, 0) is 0 Å². The van der Waals surface area contributed by atoms with E-state index in [0.29, 0.717) is 22.3 Å².